The van der Waals surface area contributed by atoms with E-state index in [-0.39, 0.29) is 5.91 Å². The van der Waals surface area contributed by atoms with Crippen molar-refractivity contribution in [2.75, 3.05) is 45.9 Å². The highest BCUT2D eigenvalue weighted by molar-refractivity contribution is 5.75. The summed E-state index contributed by atoms with van der Waals surface area (Å²) in [6.07, 6.45) is 2.29. The Balaban J connectivity index is 1.73. The number of hydrogen-bond acceptors (Lipinski definition) is 4. The first-order chi connectivity index (χ1) is 7.75. The van der Waals surface area contributed by atoms with Gasteiger partial charge in [0.1, 0.15) is 0 Å². The first kappa shape index (κ1) is 11.8. The molecule has 92 valence electrons. The second-order valence-corrected chi connectivity index (χ2v) is 4.62. The molecule has 0 unspecified atom stereocenters. The maximum Gasteiger partial charge on any atom is 0.231 e. The molecule has 0 aromatic rings. The molecule has 0 aliphatic carbocycles. The monoisotopic (exact) mass is 227 g/mol. The fourth-order valence-corrected chi connectivity index (χ4v) is 2.61. The van der Waals surface area contributed by atoms with Gasteiger partial charge in [-0.05, 0) is 12.8 Å². The standard InChI is InChI=1S/C11H21N3O2/c12-11(15)9-13-3-1-10(2-4-13)14-5-7-16-8-6-14/h10H,1-9H2,(H2,12,15). The molecule has 1 amide bonds. The van der Waals surface area contributed by atoms with Gasteiger partial charge in [0.2, 0.25) is 5.91 Å². The lowest BCUT2D eigenvalue weighted by Crippen LogP contribution is -2.50. The molecule has 0 aromatic carbocycles. The molecule has 16 heavy (non-hydrogen) atoms. The number of piperidine rings is 1. The van der Waals surface area contributed by atoms with Crippen LogP contribution in [0, 0.1) is 0 Å². The van der Waals surface area contributed by atoms with Crippen LogP contribution in [0.3, 0.4) is 0 Å². The number of primary amides is 1. The van der Waals surface area contributed by atoms with Gasteiger partial charge in [0.15, 0.2) is 0 Å². The molecular formula is C11H21N3O2. The van der Waals surface area contributed by atoms with E-state index in [1.807, 2.05) is 0 Å². The number of amides is 1. The van der Waals surface area contributed by atoms with Crippen molar-refractivity contribution >= 4 is 5.91 Å². The lowest BCUT2D eigenvalue weighted by molar-refractivity contribution is -0.119. The molecule has 2 saturated heterocycles. The zero-order chi connectivity index (χ0) is 11.4. The van der Waals surface area contributed by atoms with Crippen LogP contribution in [0.2, 0.25) is 0 Å². The van der Waals surface area contributed by atoms with Crippen molar-refractivity contribution in [3.8, 4) is 0 Å². The van der Waals surface area contributed by atoms with E-state index in [1.54, 1.807) is 0 Å². The lowest BCUT2D eigenvalue weighted by Gasteiger charge is -2.39. The Labute approximate surface area is 96.5 Å². The van der Waals surface area contributed by atoms with Crippen LogP contribution < -0.4 is 5.73 Å². The Morgan fingerprint density at radius 3 is 2.38 bits per heavy atom. The number of nitrogens with zero attached hydrogens (tertiary/aromatic N) is 2. The minimum atomic E-state index is -0.218. The summed E-state index contributed by atoms with van der Waals surface area (Å²) in [4.78, 5) is 15.5. The van der Waals surface area contributed by atoms with Crippen molar-refractivity contribution < 1.29 is 9.53 Å². The van der Waals surface area contributed by atoms with E-state index in [2.05, 4.69) is 9.80 Å². The zero-order valence-electron chi connectivity index (χ0n) is 9.73. The summed E-state index contributed by atoms with van der Waals surface area (Å²) in [5, 5.41) is 0. The molecule has 5 nitrogen and oxygen atoms in total. The van der Waals surface area contributed by atoms with Crippen LogP contribution in [0.1, 0.15) is 12.8 Å². The number of likely N-dealkylation sites (tertiary alicyclic amines) is 1. The number of nitrogens with two attached hydrogens (primary N) is 1. The topological polar surface area (TPSA) is 58.8 Å². The third-order valence-electron chi connectivity index (χ3n) is 3.50. The van der Waals surface area contributed by atoms with Crippen LogP contribution in [0.5, 0.6) is 0 Å². The van der Waals surface area contributed by atoms with Crippen LogP contribution in [0.4, 0.5) is 0 Å². The molecule has 2 aliphatic rings. The lowest BCUT2D eigenvalue weighted by atomic mass is 10.0. The van der Waals surface area contributed by atoms with Gasteiger partial charge in [-0.25, -0.2) is 0 Å². The van der Waals surface area contributed by atoms with Gasteiger partial charge in [-0.3, -0.25) is 14.6 Å². The third-order valence-corrected chi connectivity index (χ3v) is 3.50. The maximum absolute atomic E-state index is 10.8. The van der Waals surface area contributed by atoms with Crippen molar-refractivity contribution in [2.45, 2.75) is 18.9 Å². The Bertz CT molecular complexity index is 233. The molecule has 2 fully saturated rings. The molecule has 0 bridgehead atoms. The molecule has 2 rings (SSSR count). The highest BCUT2D eigenvalue weighted by atomic mass is 16.5. The van der Waals surface area contributed by atoms with Gasteiger partial charge in [-0.1, -0.05) is 0 Å². The maximum atomic E-state index is 10.8. The largest absolute Gasteiger partial charge is 0.379 e. The minimum absolute atomic E-state index is 0.218. The summed E-state index contributed by atoms with van der Waals surface area (Å²) in [7, 11) is 0. The normalized spacial score (nSPS) is 25.8. The molecule has 0 radical (unpaired) electrons. The Kier molecular flexibility index (Phi) is 4.15. The summed E-state index contributed by atoms with van der Waals surface area (Å²) in [6, 6.07) is 0.674. The average molecular weight is 227 g/mol. The summed E-state index contributed by atoms with van der Waals surface area (Å²) < 4.78 is 5.35. The van der Waals surface area contributed by atoms with Gasteiger partial charge in [-0.2, -0.15) is 0 Å². The van der Waals surface area contributed by atoms with Gasteiger partial charge in [-0.15, -0.1) is 0 Å². The number of rotatable bonds is 3. The molecule has 0 aromatic heterocycles. The number of carbonyl (C=O) groups excluding carboxylic acids is 1. The molecule has 0 spiro atoms. The van der Waals surface area contributed by atoms with E-state index < -0.39 is 0 Å². The third kappa shape index (κ3) is 3.17. The van der Waals surface area contributed by atoms with E-state index in [0.717, 1.165) is 52.2 Å². The molecular weight excluding hydrogens is 206 g/mol. The first-order valence-electron chi connectivity index (χ1n) is 6.08. The Hall–Kier alpha value is -0.650. The Morgan fingerprint density at radius 1 is 1.19 bits per heavy atom. The molecule has 0 atom stereocenters. The summed E-state index contributed by atoms with van der Waals surface area (Å²) in [6.45, 7) is 6.23. The van der Waals surface area contributed by atoms with Crippen molar-refractivity contribution in [1.82, 2.24) is 9.80 Å². The van der Waals surface area contributed by atoms with E-state index >= 15 is 0 Å². The predicted octanol–water partition coefficient (Wildman–Crippen LogP) is -0.732. The summed E-state index contributed by atoms with van der Waals surface area (Å²) in [5.41, 5.74) is 5.19. The summed E-state index contributed by atoms with van der Waals surface area (Å²) >= 11 is 0. The van der Waals surface area contributed by atoms with Gasteiger partial charge in [0, 0.05) is 32.2 Å². The number of ether oxygens (including phenoxy) is 1. The van der Waals surface area contributed by atoms with Gasteiger partial charge in [0.05, 0.1) is 19.8 Å². The molecule has 5 heteroatoms. The molecule has 2 aliphatic heterocycles. The summed E-state index contributed by atoms with van der Waals surface area (Å²) in [5.74, 6) is -0.218. The van der Waals surface area contributed by atoms with Crippen molar-refractivity contribution in [2.24, 2.45) is 5.73 Å². The average Bonchev–Trinajstić information content (AvgIpc) is 2.30. The highest BCUT2D eigenvalue weighted by Crippen LogP contribution is 2.17. The van der Waals surface area contributed by atoms with E-state index in [1.165, 1.54) is 0 Å². The van der Waals surface area contributed by atoms with Crippen LogP contribution >= 0.6 is 0 Å². The smallest absolute Gasteiger partial charge is 0.231 e. The van der Waals surface area contributed by atoms with Gasteiger partial charge in [0.25, 0.3) is 0 Å². The molecule has 0 saturated carbocycles. The highest BCUT2D eigenvalue weighted by Gasteiger charge is 2.25. The van der Waals surface area contributed by atoms with Crippen LogP contribution in [-0.4, -0.2) is 67.7 Å². The fourth-order valence-electron chi connectivity index (χ4n) is 2.61. The van der Waals surface area contributed by atoms with E-state index in [4.69, 9.17) is 10.5 Å². The second-order valence-electron chi connectivity index (χ2n) is 4.62. The molecule has 2 N–H and O–H groups in total. The van der Waals surface area contributed by atoms with E-state index in [0.29, 0.717) is 12.6 Å². The van der Waals surface area contributed by atoms with Crippen molar-refractivity contribution in [3.05, 3.63) is 0 Å². The SMILES string of the molecule is NC(=O)CN1CCC(N2CCOCC2)CC1. The quantitative estimate of drug-likeness (QED) is 0.690. The predicted molar refractivity (Wildman–Crippen MR) is 61.0 cm³/mol. The van der Waals surface area contributed by atoms with Gasteiger partial charge < -0.3 is 10.5 Å². The molecule has 2 heterocycles. The number of carbonyl (C=O) groups is 1. The fraction of sp³-hybridized carbons (Fsp3) is 0.909. The van der Waals surface area contributed by atoms with Crippen LogP contribution in [0.25, 0.3) is 0 Å². The van der Waals surface area contributed by atoms with Crippen LogP contribution in [0.15, 0.2) is 0 Å². The minimum Gasteiger partial charge on any atom is -0.379 e. The zero-order valence-corrected chi connectivity index (χ0v) is 9.73. The number of hydrogen-bond donors (Lipinski definition) is 1. The van der Waals surface area contributed by atoms with Crippen LogP contribution in [-0.2, 0) is 9.53 Å². The first-order valence-corrected chi connectivity index (χ1v) is 6.08. The van der Waals surface area contributed by atoms with Gasteiger partial charge >= 0.3 is 0 Å². The Morgan fingerprint density at radius 2 is 1.81 bits per heavy atom. The van der Waals surface area contributed by atoms with Crippen molar-refractivity contribution in [3.63, 3.8) is 0 Å². The van der Waals surface area contributed by atoms with E-state index in [9.17, 15) is 4.79 Å². The van der Waals surface area contributed by atoms with Crippen molar-refractivity contribution in [1.29, 1.82) is 0 Å². The second kappa shape index (κ2) is 5.61. The number of morpholine rings is 1.